The summed E-state index contributed by atoms with van der Waals surface area (Å²) in [6.07, 6.45) is 8.16. The maximum absolute atomic E-state index is 13.7. The van der Waals surface area contributed by atoms with Crippen molar-refractivity contribution in [2.45, 2.75) is 64.8 Å². The van der Waals surface area contributed by atoms with E-state index in [0.717, 1.165) is 24.1 Å². The predicted molar refractivity (Wildman–Crippen MR) is 141 cm³/mol. The Hall–Kier alpha value is -3.22. The average molecular weight is 491 g/mol. The molecule has 1 saturated heterocycles. The average Bonchev–Trinajstić information content (AvgIpc) is 2.88. The van der Waals surface area contributed by atoms with Gasteiger partial charge in [-0.25, -0.2) is 4.98 Å². The van der Waals surface area contributed by atoms with E-state index in [-0.39, 0.29) is 23.6 Å². The van der Waals surface area contributed by atoms with Crippen molar-refractivity contribution in [3.8, 4) is 0 Å². The molecule has 2 N–H and O–H groups in total. The lowest BCUT2D eigenvalue weighted by Crippen LogP contribution is -2.69. The molecule has 36 heavy (non-hydrogen) atoms. The normalized spacial score (nSPS) is 21.2. The molecule has 1 aromatic heterocycles. The number of hydrogen-bond donors (Lipinski definition) is 1. The predicted octanol–water partition coefficient (Wildman–Crippen LogP) is 4.47. The van der Waals surface area contributed by atoms with Crippen LogP contribution in [0.2, 0.25) is 0 Å². The van der Waals surface area contributed by atoms with Gasteiger partial charge < -0.3 is 10.6 Å². The number of hydrogen-bond acceptors (Lipinski definition) is 5. The third kappa shape index (κ3) is 5.45. The first-order chi connectivity index (χ1) is 17.3. The van der Waals surface area contributed by atoms with Crippen molar-refractivity contribution in [2.24, 2.45) is 23.7 Å². The van der Waals surface area contributed by atoms with Gasteiger partial charge in [0, 0.05) is 25.4 Å². The SMILES string of the molecule is CC(C)[C@@H](CC(=O)N1C(=O)[C@H](Cc2ccnc(N)c2)[C@H]1C(=O)N(C)c1ccccc1)C1CCCCC1. The minimum Gasteiger partial charge on any atom is -0.384 e. The lowest BCUT2D eigenvalue weighted by Gasteiger charge is -2.46. The number of likely N-dealkylation sites (tertiary alicyclic amines) is 1. The highest BCUT2D eigenvalue weighted by molar-refractivity contribution is 6.12. The van der Waals surface area contributed by atoms with Gasteiger partial charge in [0.2, 0.25) is 11.8 Å². The molecule has 3 atom stereocenters. The lowest BCUT2D eigenvalue weighted by atomic mass is 9.73. The van der Waals surface area contributed by atoms with Gasteiger partial charge in [-0.05, 0) is 54.0 Å². The van der Waals surface area contributed by atoms with E-state index in [1.165, 1.54) is 24.2 Å². The van der Waals surface area contributed by atoms with Crippen LogP contribution in [0.5, 0.6) is 0 Å². The Morgan fingerprint density at radius 3 is 2.44 bits per heavy atom. The summed E-state index contributed by atoms with van der Waals surface area (Å²) >= 11 is 0. The first-order valence-corrected chi connectivity index (χ1v) is 13.2. The summed E-state index contributed by atoms with van der Waals surface area (Å²) in [5, 5.41) is 0. The quantitative estimate of drug-likeness (QED) is 0.551. The van der Waals surface area contributed by atoms with Gasteiger partial charge in [-0.2, -0.15) is 0 Å². The van der Waals surface area contributed by atoms with E-state index in [9.17, 15) is 14.4 Å². The number of benzene rings is 1. The van der Waals surface area contributed by atoms with Crippen LogP contribution in [0.15, 0.2) is 48.7 Å². The molecule has 4 rings (SSSR count). The molecule has 2 aliphatic rings. The van der Waals surface area contributed by atoms with E-state index in [4.69, 9.17) is 5.73 Å². The Balaban J connectivity index is 1.58. The van der Waals surface area contributed by atoms with Crippen LogP contribution in [0.4, 0.5) is 11.5 Å². The zero-order valence-corrected chi connectivity index (χ0v) is 21.6. The second-order valence-electron chi connectivity index (χ2n) is 10.7. The molecule has 2 heterocycles. The summed E-state index contributed by atoms with van der Waals surface area (Å²) in [5.41, 5.74) is 7.40. The van der Waals surface area contributed by atoms with Crippen LogP contribution in [-0.4, -0.2) is 40.7 Å². The van der Waals surface area contributed by atoms with Crippen LogP contribution in [0.25, 0.3) is 0 Å². The number of rotatable bonds is 8. The Morgan fingerprint density at radius 2 is 1.81 bits per heavy atom. The first-order valence-electron chi connectivity index (χ1n) is 13.2. The number of nitrogen functional groups attached to an aromatic ring is 1. The Labute approximate surface area is 214 Å². The summed E-state index contributed by atoms with van der Waals surface area (Å²) in [6, 6.07) is 12.0. The topological polar surface area (TPSA) is 96.6 Å². The monoisotopic (exact) mass is 490 g/mol. The highest BCUT2D eigenvalue weighted by Gasteiger charge is 2.55. The number of carbonyl (C=O) groups excluding carboxylic acids is 3. The van der Waals surface area contributed by atoms with Crippen LogP contribution in [-0.2, 0) is 20.8 Å². The molecule has 7 heteroatoms. The molecular weight excluding hydrogens is 452 g/mol. The number of imide groups is 1. The molecule has 3 amide bonds. The number of pyridine rings is 1. The van der Waals surface area contributed by atoms with E-state index in [2.05, 4.69) is 18.8 Å². The van der Waals surface area contributed by atoms with Crippen molar-refractivity contribution < 1.29 is 14.4 Å². The van der Waals surface area contributed by atoms with Crippen molar-refractivity contribution >= 4 is 29.2 Å². The van der Waals surface area contributed by atoms with Crippen molar-refractivity contribution in [3.63, 3.8) is 0 Å². The minimum absolute atomic E-state index is 0.215. The molecule has 1 aromatic carbocycles. The van der Waals surface area contributed by atoms with Crippen LogP contribution in [0.1, 0.15) is 57.9 Å². The van der Waals surface area contributed by atoms with Gasteiger partial charge in [0.15, 0.2) is 0 Å². The molecule has 2 aromatic rings. The van der Waals surface area contributed by atoms with Gasteiger partial charge in [0.25, 0.3) is 5.91 Å². The summed E-state index contributed by atoms with van der Waals surface area (Å²) < 4.78 is 0. The van der Waals surface area contributed by atoms with Crippen LogP contribution in [0.3, 0.4) is 0 Å². The van der Waals surface area contributed by atoms with Crippen molar-refractivity contribution in [3.05, 3.63) is 54.2 Å². The Morgan fingerprint density at radius 1 is 1.11 bits per heavy atom. The second kappa shape index (κ2) is 11.2. The number of amides is 3. The zero-order valence-electron chi connectivity index (χ0n) is 21.6. The second-order valence-corrected chi connectivity index (χ2v) is 10.7. The molecule has 2 fully saturated rings. The maximum Gasteiger partial charge on any atom is 0.250 e. The number of nitrogens with zero attached hydrogens (tertiary/aromatic N) is 3. The largest absolute Gasteiger partial charge is 0.384 e. The molecule has 1 saturated carbocycles. The number of para-hydroxylation sites is 1. The summed E-state index contributed by atoms with van der Waals surface area (Å²) in [6.45, 7) is 4.32. The number of aromatic nitrogens is 1. The maximum atomic E-state index is 13.7. The van der Waals surface area contributed by atoms with Crippen LogP contribution < -0.4 is 10.6 Å². The number of likely N-dealkylation sites (N-methyl/N-ethyl adjacent to an activating group) is 1. The molecule has 0 radical (unpaired) electrons. The summed E-state index contributed by atoms with van der Waals surface area (Å²) in [7, 11) is 1.70. The Bertz CT molecular complexity index is 1080. The molecule has 1 aliphatic heterocycles. The smallest absolute Gasteiger partial charge is 0.250 e. The molecule has 0 unspecified atom stereocenters. The van der Waals surface area contributed by atoms with Crippen LogP contribution >= 0.6 is 0 Å². The van der Waals surface area contributed by atoms with Crippen molar-refractivity contribution in [1.29, 1.82) is 0 Å². The van der Waals surface area contributed by atoms with Crippen LogP contribution in [0, 0.1) is 23.7 Å². The number of carbonyl (C=O) groups is 3. The highest BCUT2D eigenvalue weighted by Crippen LogP contribution is 2.39. The minimum atomic E-state index is -0.830. The molecule has 0 spiro atoms. The zero-order chi connectivity index (χ0) is 25.8. The third-order valence-electron chi connectivity index (χ3n) is 8.03. The van der Waals surface area contributed by atoms with Gasteiger partial charge in [-0.1, -0.05) is 64.2 Å². The number of nitrogens with two attached hydrogens (primary N) is 1. The van der Waals surface area contributed by atoms with E-state index < -0.39 is 12.0 Å². The van der Waals surface area contributed by atoms with Crippen molar-refractivity contribution in [1.82, 2.24) is 9.88 Å². The third-order valence-corrected chi connectivity index (χ3v) is 8.03. The molecule has 7 nitrogen and oxygen atoms in total. The fourth-order valence-corrected chi connectivity index (χ4v) is 5.97. The fourth-order valence-electron chi connectivity index (χ4n) is 5.97. The van der Waals surface area contributed by atoms with Crippen molar-refractivity contribution in [2.75, 3.05) is 17.7 Å². The van der Waals surface area contributed by atoms with Gasteiger partial charge in [-0.15, -0.1) is 0 Å². The van der Waals surface area contributed by atoms with E-state index in [1.807, 2.05) is 30.3 Å². The standard InChI is InChI=1S/C29H38N4O3/c1-19(2)23(21-10-6-4-7-11-21)18-26(34)33-27(29(36)32(3)22-12-8-5-9-13-22)24(28(33)35)16-20-14-15-31-25(30)17-20/h5,8-9,12-15,17,19,21,23-24,27H,4,6-7,10-11,16,18H2,1-3H3,(H2,30,31)/t23-,24-,27+/m1/s1. The van der Waals surface area contributed by atoms with E-state index in [0.29, 0.717) is 30.5 Å². The fraction of sp³-hybridized carbons (Fsp3) is 0.517. The lowest BCUT2D eigenvalue weighted by molar-refractivity contribution is -0.171. The highest BCUT2D eigenvalue weighted by atomic mass is 16.2. The molecule has 1 aliphatic carbocycles. The molecular formula is C29H38N4O3. The Kier molecular flexibility index (Phi) is 8.07. The van der Waals surface area contributed by atoms with Gasteiger partial charge in [0.1, 0.15) is 11.9 Å². The van der Waals surface area contributed by atoms with Gasteiger partial charge in [-0.3, -0.25) is 19.3 Å². The van der Waals surface area contributed by atoms with E-state index >= 15 is 0 Å². The van der Waals surface area contributed by atoms with E-state index in [1.54, 1.807) is 30.3 Å². The number of β-lactam (4-membered cyclic amide) rings is 1. The van der Waals surface area contributed by atoms with Gasteiger partial charge in [0.05, 0.1) is 5.92 Å². The molecule has 0 bridgehead atoms. The number of anilines is 2. The first kappa shape index (κ1) is 25.9. The molecule has 192 valence electrons. The van der Waals surface area contributed by atoms with Gasteiger partial charge >= 0.3 is 0 Å². The summed E-state index contributed by atoms with van der Waals surface area (Å²) in [4.78, 5) is 47.5. The summed E-state index contributed by atoms with van der Waals surface area (Å²) in [5.74, 6) is 0.0504.